The largest absolute Gasteiger partial charge is 0.491 e. The van der Waals surface area contributed by atoms with Crippen molar-refractivity contribution in [3.8, 4) is 16.9 Å². The number of aromatic nitrogens is 1. The smallest absolute Gasteiger partial charge is 0.309 e. The Balaban J connectivity index is 1.90. The summed E-state index contributed by atoms with van der Waals surface area (Å²) in [6.45, 7) is 4.00. The minimum atomic E-state index is -0.815. The average molecular weight is 315 g/mol. The third-order valence-corrected chi connectivity index (χ3v) is 4.25. The van der Waals surface area contributed by atoms with Crippen LogP contribution in [0.5, 0.6) is 5.75 Å². The topological polar surface area (TPSA) is 50.9 Å². The predicted octanol–water partition coefficient (Wildman–Crippen LogP) is 4.08. The lowest BCUT2D eigenvalue weighted by Crippen LogP contribution is -2.05. The molecule has 0 aliphatic rings. The van der Waals surface area contributed by atoms with Gasteiger partial charge in [-0.25, -0.2) is 0 Å². The molecular formula is C17H17NO3S. The summed E-state index contributed by atoms with van der Waals surface area (Å²) in [6, 6.07) is 10.0. The number of hydrogen-bond acceptors (Lipinski definition) is 3. The quantitative estimate of drug-likeness (QED) is 0.772. The number of nitrogens with zero attached hydrogens (tertiary/aromatic N) is 1. The van der Waals surface area contributed by atoms with E-state index in [1.807, 2.05) is 54.1 Å². The van der Waals surface area contributed by atoms with E-state index < -0.39 is 5.97 Å². The first kappa shape index (κ1) is 14.7. The molecule has 0 atom stereocenters. The highest BCUT2D eigenvalue weighted by molar-refractivity contribution is 7.15. The van der Waals surface area contributed by atoms with E-state index in [9.17, 15) is 4.79 Å². The zero-order valence-electron chi connectivity index (χ0n) is 12.4. The number of carboxylic acids is 1. The molecule has 0 radical (unpaired) electrons. The van der Waals surface area contributed by atoms with Gasteiger partial charge in [-0.15, -0.1) is 11.3 Å². The Morgan fingerprint density at radius 1 is 1.27 bits per heavy atom. The van der Waals surface area contributed by atoms with Crippen molar-refractivity contribution < 1.29 is 14.6 Å². The molecule has 1 N–H and O–H groups in total. The lowest BCUT2D eigenvalue weighted by atomic mass is 10.1. The summed E-state index contributed by atoms with van der Waals surface area (Å²) in [7, 11) is 0. The minimum absolute atomic E-state index is 0.0370. The number of benzene rings is 1. The Kier molecular flexibility index (Phi) is 3.90. The molecule has 114 valence electrons. The predicted molar refractivity (Wildman–Crippen MR) is 87.8 cm³/mol. The van der Waals surface area contributed by atoms with Crippen LogP contribution < -0.4 is 4.74 Å². The molecule has 0 aliphatic carbocycles. The van der Waals surface area contributed by atoms with Crippen LogP contribution in [0.3, 0.4) is 0 Å². The van der Waals surface area contributed by atoms with E-state index in [2.05, 4.69) is 6.07 Å². The Labute approximate surface area is 132 Å². The second kappa shape index (κ2) is 5.85. The van der Waals surface area contributed by atoms with Gasteiger partial charge in [-0.05, 0) is 37.6 Å². The number of ether oxygens (including phenoxy) is 1. The normalized spacial score (nSPS) is 11.2. The molecule has 0 fully saturated rings. The molecule has 0 spiro atoms. The van der Waals surface area contributed by atoms with Gasteiger partial charge in [-0.2, -0.15) is 0 Å². The molecule has 2 heterocycles. The van der Waals surface area contributed by atoms with E-state index in [0.29, 0.717) is 0 Å². The van der Waals surface area contributed by atoms with Crippen molar-refractivity contribution >= 4 is 22.1 Å². The number of hydrogen-bond donors (Lipinski definition) is 1. The molecule has 0 amide bonds. The highest BCUT2D eigenvalue weighted by Crippen LogP contribution is 2.28. The lowest BCUT2D eigenvalue weighted by molar-refractivity contribution is -0.136. The van der Waals surface area contributed by atoms with Crippen LogP contribution in [0.4, 0.5) is 0 Å². The number of aliphatic carboxylic acids is 1. The zero-order chi connectivity index (χ0) is 15.7. The maximum atomic E-state index is 10.9. The summed E-state index contributed by atoms with van der Waals surface area (Å²) in [5, 5.41) is 10.8. The molecule has 3 aromatic rings. The van der Waals surface area contributed by atoms with E-state index in [0.717, 1.165) is 27.4 Å². The Bertz CT molecular complexity index is 799. The van der Waals surface area contributed by atoms with E-state index in [4.69, 9.17) is 9.84 Å². The highest BCUT2D eigenvalue weighted by Gasteiger charge is 2.10. The van der Waals surface area contributed by atoms with Gasteiger partial charge >= 0.3 is 5.97 Å². The van der Waals surface area contributed by atoms with Crippen molar-refractivity contribution in [2.24, 2.45) is 0 Å². The molecule has 5 heteroatoms. The first-order chi connectivity index (χ1) is 10.5. The standard InChI is InChI=1S/C17H17NO3S/c1-11(2)21-15-5-3-12(4-6-15)13-7-16-18(9-13)14(10-22-16)8-17(19)20/h3-7,9-11H,8H2,1-2H3,(H,19,20). The van der Waals surface area contributed by atoms with Gasteiger partial charge in [-0.1, -0.05) is 12.1 Å². The third kappa shape index (κ3) is 2.99. The minimum Gasteiger partial charge on any atom is -0.491 e. The number of carboxylic acid groups (broad SMARTS) is 1. The van der Waals surface area contributed by atoms with E-state index >= 15 is 0 Å². The van der Waals surface area contributed by atoms with Gasteiger partial charge in [0.05, 0.1) is 17.4 Å². The summed E-state index contributed by atoms with van der Waals surface area (Å²) in [5.41, 5.74) is 2.97. The van der Waals surface area contributed by atoms with Crippen molar-refractivity contribution in [3.63, 3.8) is 0 Å². The Morgan fingerprint density at radius 3 is 2.64 bits per heavy atom. The first-order valence-corrected chi connectivity index (χ1v) is 7.98. The van der Waals surface area contributed by atoms with Crippen LogP contribution in [0, 0.1) is 0 Å². The molecule has 2 aromatic heterocycles. The first-order valence-electron chi connectivity index (χ1n) is 7.10. The Hall–Kier alpha value is -2.27. The third-order valence-electron chi connectivity index (χ3n) is 3.30. The van der Waals surface area contributed by atoms with Crippen LogP contribution in [0.25, 0.3) is 16.0 Å². The summed E-state index contributed by atoms with van der Waals surface area (Å²) in [4.78, 5) is 11.9. The van der Waals surface area contributed by atoms with Crippen LogP contribution >= 0.6 is 11.3 Å². The number of carbonyl (C=O) groups is 1. The van der Waals surface area contributed by atoms with Crippen molar-refractivity contribution in [1.82, 2.24) is 4.40 Å². The van der Waals surface area contributed by atoms with Gasteiger partial charge in [0.1, 0.15) is 5.75 Å². The van der Waals surface area contributed by atoms with Crippen LogP contribution in [0.2, 0.25) is 0 Å². The van der Waals surface area contributed by atoms with Gasteiger partial charge in [-0.3, -0.25) is 4.79 Å². The monoisotopic (exact) mass is 315 g/mol. The highest BCUT2D eigenvalue weighted by atomic mass is 32.1. The summed E-state index contributed by atoms with van der Waals surface area (Å²) in [5.74, 6) is 0.0384. The van der Waals surface area contributed by atoms with Crippen LogP contribution in [0.15, 0.2) is 41.9 Å². The second-order valence-electron chi connectivity index (χ2n) is 5.43. The Morgan fingerprint density at radius 2 is 2.00 bits per heavy atom. The van der Waals surface area contributed by atoms with E-state index in [-0.39, 0.29) is 12.5 Å². The van der Waals surface area contributed by atoms with Crippen molar-refractivity contribution in [3.05, 3.63) is 47.6 Å². The molecule has 0 unspecified atom stereocenters. The molecule has 0 saturated heterocycles. The van der Waals surface area contributed by atoms with Gasteiger partial charge in [0, 0.05) is 22.8 Å². The van der Waals surface area contributed by atoms with Gasteiger partial charge in [0.2, 0.25) is 0 Å². The number of rotatable bonds is 5. The zero-order valence-corrected chi connectivity index (χ0v) is 13.3. The molecule has 0 saturated carbocycles. The van der Waals surface area contributed by atoms with Gasteiger partial charge in [0.15, 0.2) is 0 Å². The van der Waals surface area contributed by atoms with E-state index in [1.54, 1.807) is 11.3 Å². The second-order valence-corrected chi connectivity index (χ2v) is 6.32. The fraction of sp³-hybridized carbons (Fsp3) is 0.235. The van der Waals surface area contributed by atoms with Crippen molar-refractivity contribution in [2.45, 2.75) is 26.4 Å². The molecule has 22 heavy (non-hydrogen) atoms. The van der Waals surface area contributed by atoms with Crippen LogP contribution in [-0.4, -0.2) is 21.6 Å². The molecular weight excluding hydrogens is 298 g/mol. The van der Waals surface area contributed by atoms with Crippen molar-refractivity contribution in [1.29, 1.82) is 0 Å². The average Bonchev–Trinajstić information content (AvgIpc) is 3.01. The van der Waals surface area contributed by atoms with E-state index in [1.165, 1.54) is 0 Å². The molecule has 3 rings (SSSR count). The maximum Gasteiger partial charge on any atom is 0.309 e. The molecule has 4 nitrogen and oxygen atoms in total. The molecule has 1 aromatic carbocycles. The summed E-state index contributed by atoms with van der Waals surface area (Å²) in [6.07, 6.45) is 2.18. The number of fused-ring (bicyclic) bond motifs is 1. The summed E-state index contributed by atoms with van der Waals surface area (Å²) < 4.78 is 7.59. The van der Waals surface area contributed by atoms with Crippen LogP contribution in [0.1, 0.15) is 19.5 Å². The SMILES string of the molecule is CC(C)Oc1ccc(-c2cc3scc(CC(=O)O)n3c2)cc1. The lowest BCUT2D eigenvalue weighted by Gasteiger charge is -2.09. The van der Waals surface area contributed by atoms with Crippen LogP contribution in [-0.2, 0) is 11.2 Å². The summed E-state index contributed by atoms with van der Waals surface area (Å²) >= 11 is 1.56. The molecule has 0 bridgehead atoms. The fourth-order valence-electron chi connectivity index (χ4n) is 2.38. The van der Waals surface area contributed by atoms with Gasteiger partial charge < -0.3 is 14.2 Å². The number of thiazole rings is 1. The molecule has 0 aliphatic heterocycles. The van der Waals surface area contributed by atoms with Crippen molar-refractivity contribution in [2.75, 3.05) is 0 Å². The maximum absolute atomic E-state index is 10.9. The fourth-order valence-corrected chi connectivity index (χ4v) is 3.31. The van der Waals surface area contributed by atoms with Gasteiger partial charge in [0.25, 0.3) is 0 Å².